The maximum Gasteiger partial charge on any atom is 0.408 e. The average Bonchev–Trinajstić information content (AvgIpc) is 2.71. The third-order valence-corrected chi connectivity index (χ3v) is 4.75. The number of halogens is 1. The average molecular weight is 446 g/mol. The van der Waals surface area contributed by atoms with Gasteiger partial charge in [-0.2, -0.15) is 0 Å². The summed E-state index contributed by atoms with van der Waals surface area (Å²) in [6.45, 7) is 3.91. The van der Waals surface area contributed by atoms with Crippen molar-refractivity contribution < 1.29 is 19.1 Å². The van der Waals surface area contributed by atoms with Crippen molar-refractivity contribution in [2.75, 3.05) is 0 Å². The second kappa shape index (κ2) is 12.0. The number of alkyl carbamates (subject to hydrolysis) is 1. The summed E-state index contributed by atoms with van der Waals surface area (Å²) in [7, 11) is 0. The highest BCUT2D eigenvalue weighted by atomic mass is 35.5. The normalized spacial score (nSPS) is 12.6. The summed E-state index contributed by atoms with van der Waals surface area (Å²) in [5, 5.41) is 5.74. The quantitative estimate of drug-likeness (QED) is 0.521. The standard InChI is InChI=1S/C23H28ClN3O4/c1-15(2)11-19(21(25)28)26-22(29)20(13-17-9-6-10-18(24)12-17)27-23(30)31-14-16-7-4-3-5-8-16/h3-10,12,15,19-20H,11,13-14H2,1-2H3,(H2,25,28)(H,26,29)(H,27,30)/t19-,20+/m0/s1. The third-order valence-electron chi connectivity index (χ3n) is 4.52. The minimum atomic E-state index is -0.976. The number of ether oxygens (including phenoxy) is 1. The fourth-order valence-electron chi connectivity index (χ4n) is 3.01. The smallest absolute Gasteiger partial charge is 0.408 e. The molecular weight excluding hydrogens is 418 g/mol. The predicted molar refractivity (Wildman–Crippen MR) is 119 cm³/mol. The lowest BCUT2D eigenvalue weighted by atomic mass is 10.0. The number of carbonyl (C=O) groups is 3. The van der Waals surface area contributed by atoms with E-state index in [1.165, 1.54) is 0 Å². The summed E-state index contributed by atoms with van der Waals surface area (Å²) in [6.07, 6.45) is -0.186. The Morgan fingerprint density at radius 2 is 1.65 bits per heavy atom. The van der Waals surface area contributed by atoms with Gasteiger partial charge in [0.05, 0.1) is 0 Å². The first-order chi connectivity index (χ1) is 14.7. The molecular formula is C23H28ClN3O4. The van der Waals surface area contributed by atoms with Gasteiger partial charge in [0.2, 0.25) is 11.8 Å². The Morgan fingerprint density at radius 1 is 0.968 bits per heavy atom. The Kier molecular flexibility index (Phi) is 9.34. The number of rotatable bonds is 10. The van der Waals surface area contributed by atoms with E-state index in [0.29, 0.717) is 11.4 Å². The number of nitrogens with two attached hydrogens (primary N) is 1. The lowest BCUT2D eigenvalue weighted by Crippen LogP contribution is -2.54. The van der Waals surface area contributed by atoms with Crippen molar-refractivity contribution in [2.45, 2.75) is 45.4 Å². The van der Waals surface area contributed by atoms with E-state index in [2.05, 4.69) is 10.6 Å². The number of nitrogens with one attached hydrogen (secondary N) is 2. The van der Waals surface area contributed by atoms with Crippen LogP contribution in [-0.2, 0) is 27.4 Å². The van der Waals surface area contributed by atoms with Crippen LogP contribution in [0.15, 0.2) is 54.6 Å². The van der Waals surface area contributed by atoms with Crippen molar-refractivity contribution in [2.24, 2.45) is 11.7 Å². The van der Waals surface area contributed by atoms with Gasteiger partial charge in [-0.1, -0.05) is 67.9 Å². The molecule has 2 aromatic rings. The van der Waals surface area contributed by atoms with Crippen LogP contribution in [0.4, 0.5) is 4.79 Å². The van der Waals surface area contributed by atoms with Crippen LogP contribution in [0.5, 0.6) is 0 Å². The molecule has 0 aliphatic heterocycles. The molecule has 0 aliphatic carbocycles. The van der Waals surface area contributed by atoms with E-state index in [4.69, 9.17) is 22.1 Å². The van der Waals surface area contributed by atoms with E-state index >= 15 is 0 Å². The number of carbonyl (C=O) groups excluding carboxylic acids is 3. The summed E-state index contributed by atoms with van der Waals surface area (Å²) in [6, 6.07) is 14.4. The Bertz CT molecular complexity index is 889. The lowest BCUT2D eigenvalue weighted by molar-refractivity contribution is -0.128. The first-order valence-electron chi connectivity index (χ1n) is 10.1. The maximum atomic E-state index is 12.9. The number of amides is 3. The molecule has 0 aliphatic rings. The molecule has 3 amide bonds. The van der Waals surface area contributed by atoms with E-state index < -0.39 is 30.0 Å². The Morgan fingerprint density at radius 3 is 2.26 bits per heavy atom. The molecule has 0 spiro atoms. The molecule has 0 saturated carbocycles. The van der Waals surface area contributed by atoms with Gasteiger partial charge in [-0.3, -0.25) is 9.59 Å². The third kappa shape index (κ3) is 8.68. The Hall–Kier alpha value is -3.06. The fraction of sp³-hybridized carbons (Fsp3) is 0.348. The lowest BCUT2D eigenvalue weighted by Gasteiger charge is -2.23. The summed E-state index contributed by atoms with van der Waals surface area (Å²) in [4.78, 5) is 37.0. The van der Waals surface area contributed by atoms with Gasteiger partial charge in [0.1, 0.15) is 18.7 Å². The highest BCUT2D eigenvalue weighted by Crippen LogP contribution is 2.13. The molecule has 0 radical (unpaired) electrons. The van der Waals surface area contributed by atoms with Gasteiger partial charge in [0.25, 0.3) is 0 Å². The van der Waals surface area contributed by atoms with Crippen LogP contribution in [0.1, 0.15) is 31.4 Å². The van der Waals surface area contributed by atoms with Crippen LogP contribution in [0.25, 0.3) is 0 Å². The zero-order chi connectivity index (χ0) is 22.8. The van der Waals surface area contributed by atoms with E-state index in [9.17, 15) is 14.4 Å². The van der Waals surface area contributed by atoms with Crippen LogP contribution < -0.4 is 16.4 Å². The number of benzene rings is 2. The van der Waals surface area contributed by atoms with Gasteiger partial charge < -0.3 is 21.1 Å². The number of hydrogen-bond acceptors (Lipinski definition) is 4. The van der Waals surface area contributed by atoms with E-state index in [1.807, 2.05) is 44.2 Å². The summed E-state index contributed by atoms with van der Waals surface area (Å²) >= 11 is 6.04. The van der Waals surface area contributed by atoms with Crippen molar-refractivity contribution in [1.82, 2.24) is 10.6 Å². The zero-order valence-electron chi connectivity index (χ0n) is 17.6. The molecule has 7 nitrogen and oxygen atoms in total. The van der Waals surface area contributed by atoms with Crippen molar-refractivity contribution in [3.63, 3.8) is 0 Å². The molecule has 4 N–H and O–H groups in total. The Balaban J connectivity index is 2.10. The van der Waals surface area contributed by atoms with Gasteiger partial charge in [-0.25, -0.2) is 4.79 Å². The van der Waals surface area contributed by atoms with Crippen molar-refractivity contribution in [1.29, 1.82) is 0 Å². The van der Waals surface area contributed by atoms with Crippen LogP contribution in [-0.4, -0.2) is 30.0 Å². The van der Waals surface area contributed by atoms with Gasteiger partial charge >= 0.3 is 6.09 Å². The zero-order valence-corrected chi connectivity index (χ0v) is 18.4. The molecule has 8 heteroatoms. The molecule has 31 heavy (non-hydrogen) atoms. The molecule has 0 heterocycles. The van der Waals surface area contributed by atoms with Gasteiger partial charge in [0, 0.05) is 11.4 Å². The maximum absolute atomic E-state index is 12.9. The van der Waals surface area contributed by atoms with E-state index in [-0.39, 0.29) is 18.9 Å². The molecule has 0 aromatic heterocycles. The highest BCUT2D eigenvalue weighted by Gasteiger charge is 2.27. The SMILES string of the molecule is CC(C)C[C@H](NC(=O)[C@@H](Cc1cccc(Cl)c1)NC(=O)OCc1ccccc1)C(N)=O. The van der Waals surface area contributed by atoms with Gasteiger partial charge in [0.15, 0.2) is 0 Å². The minimum absolute atomic E-state index is 0.0649. The molecule has 166 valence electrons. The second-order valence-electron chi connectivity index (χ2n) is 7.69. The van der Waals surface area contributed by atoms with E-state index in [0.717, 1.165) is 11.1 Å². The monoisotopic (exact) mass is 445 g/mol. The minimum Gasteiger partial charge on any atom is -0.445 e. The first kappa shape index (κ1) is 24.2. The van der Waals surface area contributed by atoms with Crippen LogP contribution in [0.3, 0.4) is 0 Å². The van der Waals surface area contributed by atoms with Gasteiger partial charge in [-0.15, -0.1) is 0 Å². The van der Waals surface area contributed by atoms with Crippen molar-refractivity contribution in [3.8, 4) is 0 Å². The molecule has 0 saturated heterocycles. The largest absolute Gasteiger partial charge is 0.445 e. The molecule has 2 rings (SSSR count). The molecule has 0 unspecified atom stereocenters. The predicted octanol–water partition coefficient (Wildman–Crippen LogP) is 3.19. The Labute approximate surface area is 187 Å². The van der Waals surface area contributed by atoms with Gasteiger partial charge in [-0.05, 0) is 35.6 Å². The second-order valence-corrected chi connectivity index (χ2v) is 8.12. The number of primary amides is 1. The van der Waals surface area contributed by atoms with Crippen LogP contribution >= 0.6 is 11.6 Å². The molecule has 0 bridgehead atoms. The molecule has 2 atom stereocenters. The van der Waals surface area contributed by atoms with E-state index in [1.54, 1.807) is 24.3 Å². The summed E-state index contributed by atoms with van der Waals surface area (Å²) in [5.74, 6) is -1.01. The van der Waals surface area contributed by atoms with Crippen LogP contribution in [0.2, 0.25) is 5.02 Å². The topological polar surface area (TPSA) is 111 Å². The number of hydrogen-bond donors (Lipinski definition) is 3. The highest BCUT2D eigenvalue weighted by molar-refractivity contribution is 6.30. The molecule has 2 aromatic carbocycles. The summed E-state index contributed by atoms with van der Waals surface area (Å²) < 4.78 is 5.24. The van der Waals surface area contributed by atoms with Crippen molar-refractivity contribution >= 4 is 29.5 Å². The summed E-state index contributed by atoms with van der Waals surface area (Å²) in [5.41, 5.74) is 7.00. The molecule has 0 fully saturated rings. The first-order valence-corrected chi connectivity index (χ1v) is 10.4. The van der Waals surface area contributed by atoms with Crippen LogP contribution in [0, 0.1) is 5.92 Å². The fourth-order valence-corrected chi connectivity index (χ4v) is 3.22. The van der Waals surface area contributed by atoms with Crippen molar-refractivity contribution in [3.05, 3.63) is 70.7 Å².